The van der Waals surface area contributed by atoms with Gasteiger partial charge in [0.2, 0.25) is 0 Å². The highest BCUT2D eigenvalue weighted by Gasteiger charge is 2.28. The lowest BCUT2D eigenvalue weighted by Crippen LogP contribution is -2.30. The van der Waals surface area contributed by atoms with Crippen LogP contribution in [0.3, 0.4) is 0 Å². The van der Waals surface area contributed by atoms with Gasteiger partial charge in [-0.15, -0.1) is 0 Å². The maximum atomic E-state index is 12.8. The van der Waals surface area contributed by atoms with Crippen molar-refractivity contribution in [2.45, 2.75) is 187 Å². The average molecular weight is 943 g/mol. The predicted molar refractivity (Wildman–Crippen MR) is 270 cm³/mol. The third-order valence-corrected chi connectivity index (χ3v) is 10.6. The van der Waals surface area contributed by atoms with Crippen LogP contribution in [0.1, 0.15) is 175 Å². The van der Waals surface area contributed by atoms with Crippen LogP contribution in [0.15, 0.2) is 109 Å². The molecular formula is C54H87O11P. The van der Waals surface area contributed by atoms with E-state index < -0.39 is 64.4 Å². The quantitative estimate of drug-likeness (QED) is 0.0197. The molecule has 0 heterocycles. The summed E-state index contributed by atoms with van der Waals surface area (Å²) in [6.07, 6.45) is 55.2. The van der Waals surface area contributed by atoms with Crippen LogP contribution in [0.4, 0.5) is 0 Å². The van der Waals surface area contributed by atoms with E-state index in [2.05, 4.69) is 118 Å². The topological polar surface area (TPSA) is 155 Å². The number of aliphatic hydroxyl groups excluding tert-OH is 1. The lowest BCUT2D eigenvalue weighted by Gasteiger charge is -2.21. The molecule has 0 aromatic rings. The minimum Gasteiger partial charge on any atom is -0.462 e. The van der Waals surface area contributed by atoms with E-state index in [4.69, 9.17) is 23.3 Å². The van der Waals surface area contributed by atoms with Gasteiger partial charge >= 0.3 is 25.7 Å². The van der Waals surface area contributed by atoms with Gasteiger partial charge < -0.3 is 24.2 Å². The summed E-state index contributed by atoms with van der Waals surface area (Å²) in [6, 6.07) is 0. The second kappa shape index (κ2) is 47.6. The number of unbranched alkanes of at least 4 members (excludes halogenated alkanes) is 9. The predicted octanol–water partition coefficient (Wildman–Crippen LogP) is 13.9. The van der Waals surface area contributed by atoms with Crippen LogP contribution in [0.25, 0.3) is 0 Å². The number of phosphoric acid groups is 1. The summed E-state index contributed by atoms with van der Waals surface area (Å²) in [5, 5.41) is 9.75. The first-order chi connectivity index (χ1) is 32.2. The van der Waals surface area contributed by atoms with Gasteiger partial charge in [0.1, 0.15) is 12.7 Å². The monoisotopic (exact) mass is 943 g/mol. The van der Waals surface area contributed by atoms with Gasteiger partial charge in [-0.3, -0.25) is 23.4 Å². The van der Waals surface area contributed by atoms with Crippen LogP contribution in [-0.4, -0.2) is 66.5 Å². The highest BCUT2D eigenvalue weighted by molar-refractivity contribution is 7.47. The molecule has 2 N–H and O–H groups in total. The minimum absolute atomic E-state index is 0.0903. The van der Waals surface area contributed by atoms with Crippen molar-refractivity contribution in [3.63, 3.8) is 0 Å². The van der Waals surface area contributed by atoms with E-state index in [-0.39, 0.29) is 19.3 Å². The number of esters is 3. The van der Waals surface area contributed by atoms with E-state index in [1.54, 1.807) is 0 Å². The van der Waals surface area contributed by atoms with Crippen LogP contribution in [-0.2, 0) is 42.2 Å². The lowest BCUT2D eigenvalue weighted by atomic mass is 10.1. The van der Waals surface area contributed by atoms with Crippen LogP contribution >= 0.6 is 7.82 Å². The molecule has 0 saturated heterocycles. The largest absolute Gasteiger partial charge is 0.472 e. The van der Waals surface area contributed by atoms with E-state index in [1.807, 2.05) is 12.2 Å². The summed E-state index contributed by atoms with van der Waals surface area (Å²) in [6.45, 7) is 4.18. The minimum atomic E-state index is -4.77. The molecule has 11 nitrogen and oxygen atoms in total. The van der Waals surface area contributed by atoms with E-state index in [0.29, 0.717) is 19.3 Å². The molecule has 0 rings (SSSR count). The molecular weight excluding hydrogens is 856 g/mol. The molecule has 0 aliphatic rings. The van der Waals surface area contributed by atoms with Crippen LogP contribution < -0.4 is 0 Å². The van der Waals surface area contributed by atoms with Gasteiger partial charge in [-0.05, 0) is 103 Å². The number of carbonyl (C=O) groups excluding carboxylic acids is 3. The third-order valence-electron chi connectivity index (χ3n) is 9.67. The molecule has 0 fully saturated rings. The van der Waals surface area contributed by atoms with Gasteiger partial charge in [-0.25, -0.2) is 4.57 Å². The molecule has 0 amide bonds. The fraction of sp³-hybridized carbons (Fsp3) is 0.611. The molecule has 0 spiro atoms. The Morgan fingerprint density at radius 2 is 0.818 bits per heavy atom. The number of allylic oxidation sites excluding steroid dienone is 18. The smallest absolute Gasteiger partial charge is 0.462 e. The zero-order valence-corrected chi connectivity index (χ0v) is 41.8. The first kappa shape index (κ1) is 62.1. The standard InChI is InChI=1S/C54H87O11P/c1-4-7-10-13-16-19-22-24-25-27-30-33-36-39-42-45-54(58)65-51(47-61-52(56)43-40-37-34-31-29-26-23-20-17-14-11-8-5-2)49-63-66(59,60)62-48-50(46-55)64-53(57)44-41-38-35-32-28-21-18-15-12-9-6-3/h7-8,10-11,15-20,24-26,29-30,33-34,37,50-51,55H,4-6,9,12-14,21-23,27-28,31-32,35-36,38-49H2,1-3H3,(H,59,60)/b10-7-,11-8-,18-15-,19-16-,20-17-,25-24-,29-26-,33-30-,37-34-. The molecule has 0 aromatic carbocycles. The van der Waals surface area contributed by atoms with Crippen molar-refractivity contribution >= 4 is 25.7 Å². The maximum absolute atomic E-state index is 12.8. The Kier molecular flexibility index (Phi) is 44.8. The molecule has 0 radical (unpaired) electrons. The Hall–Kier alpha value is -3.86. The van der Waals surface area contributed by atoms with Gasteiger partial charge in [0.05, 0.1) is 19.8 Å². The lowest BCUT2D eigenvalue weighted by molar-refractivity contribution is -0.161. The first-order valence-corrected chi connectivity index (χ1v) is 26.3. The SMILES string of the molecule is CC/C=C\C/C=C\C/C=C\C/C=C\CCCCC(=O)OC(COC(=O)CC/C=C\C/C=C\C/C=C\C/C=C\CC)COP(=O)(O)OCC(CO)OC(=O)CCCCCCC/C=C\CCCC. The van der Waals surface area contributed by atoms with Gasteiger partial charge in [0.15, 0.2) is 6.10 Å². The fourth-order valence-corrected chi connectivity index (χ4v) is 6.71. The molecule has 0 aliphatic heterocycles. The van der Waals surface area contributed by atoms with Crippen molar-refractivity contribution in [2.75, 3.05) is 26.4 Å². The van der Waals surface area contributed by atoms with Gasteiger partial charge in [-0.2, -0.15) is 0 Å². The summed E-state index contributed by atoms with van der Waals surface area (Å²) >= 11 is 0. The van der Waals surface area contributed by atoms with Crippen LogP contribution in [0.2, 0.25) is 0 Å². The van der Waals surface area contributed by atoms with Crippen molar-refractivity contribution in [1.82, 2.24) is 0 Å². The molecule has 0 aliphatic carbocycles. The normalized spacial score (nSPS) is 14.4. The Labute approximate surface area is 399 Å². The number of carbonyl (C=O) groups is 3. The van der Waals surface area contributed by atoms with Crippen LogP contribution in [0.5, 0.6) is 0 Å². The number of phosphoric ester groups is 1. The molecule has 0 saturated carbocycles. The molecule has 0 bridgehead atoms. The molecule has 3 atom stereocenters. The summed E-state index contributed by atoms with van der Waals surface area (Å²) in [7, 11) is -4.77. The average Bonchev–Trinajstić information content (AvgIpc) is 3.30. The number of aliphatic hydroxyl groups is 1. The van der Waals surface area contributed by atoms with E-state index in [9.17, 15) is 28.9 Å². The highest BCUT2D eigenvalue weighted by Crippen LogP contribution is 2.43. The highest BCUT2D eigenvalue weighted by atomic mass is 31.2. The number of hydrogen-bond acceptors (Lipinski definition) is 10. The summed E-state index contributed by atoms with van der Waals surface area (Å²) in [4.78, 5) is 48.2. The van der Waals surface area contributed by atoms with Crippen molar-refractivity contribution in [1.29, 1.82) is 0 Å². The number of hydrogen-bond donors (Lipinski definition) is 2. The van der Waals surface area contributed by atoms with Gasteiger partial charge in [0.25, 0.3) is 0 Å². The maximum Gasteiger partial charge on any atom is 0.472 e. The third kappa shape index (κ3) is 45.3. The first-order valence-electron chi connectivity index (χ1n) is 24.8. The van der Waals surface area contributed by atoms with Crippen LogP contribution in [0, 0.1) is 0 Å². The Morgan fingerprint density at radius 1 is 0.439 bits per heavy atom. The van der Waals surface area contributed by atoms with Crippen molar-refractivity contribution in [2.24, 2.45) is 0 Å². The number of ether oxygens (including phenoxy) is 3. The zero-order chi connectivity index (χ0) is 48.4. The second-order valence-corrected chi connectivity index (χ2v) is 17.3. The zero-order valence-electron chi connectivity index (χ0n) is 40.9. The molecule has 0 aromatic heterocycles. The summed E-state index contributed by atoms with van der Waals surface area (Å²) in [5.41, 5.74) is 0. The molecule has 66 heavy (non-hydrogen) atoms. The van der Waals surface area contributed by atoms with E-state index in [0.717, 1.165) is 103 Å². The second-order valence-electron chi connectivity index (χ2n) is 15.9. The Balaban J connectivity index is 4.93. The molecule has 374 valence electrons. The van der Waals surface area contributed by atoms with Gasteiger partial charge in [0, 0.05) is 19.3 Å². The Morgan fingerprint density at radius 3 is 1.32 bits per heavy atom. The van der Waals surface area contributed by atoms with Crippen molar-refractivity contribution in [3.05, 3.63) is 109 Å². The molecule has 3 unspecified atom stereocenters. The number of rotatable bonds is 44. The summed E-state index contributed by atoms with van der Waals surface area (Å²) in [5.74, 6) is -1.64. The fourth-order valence-electron chi connectivity index (χ4n) is 5.93. The van der Waals surface area contributed by atoms with Crippen molar-refractivity contribution < 1.29 is 52.2 Å². The van der Waals surface area contributed by atoms with Crippen molar-refractivity contribution in [3.8, 4) is 0 Å². The van der Waals surface area contributed by atoms with E-state index >= 15 is 0 Å². The van der Waals surface area contributed by atoms with Gasteiger partial charge in [-0.1, -0.05) is 162 Å². The molecule has 12 heteroatoms. The Bertz CT molecular complexity index is 1520. The van der Waals surface area contributed by atoms with E-state index in [1.165, 1.54) is 12.8 Å². The summed E-state index contributed by atoms with van der Waals surface area (Å²) < 4.78 is 39.1.